The van der Waals surface area contributed by atoms with E-state index >= 15 is 0 Å². The zero-order chi connectivity index (χ0) is 9.26. The Balaban J connectivity index is 2.06. The van der Waals surface area contributed by atoms with E-state index in [4.69, 9.17) is 9.94 Å². The lowest BCUT2D eigenvalue weighted by Crippen LogP contribution is -2.27. The van der Waals surface area contributed by atoms with Crippen molar-refractivity contribution in [1.82, 2.24) is 10.0 Å². The average molecular weight is 200 g/mol. The predicted molar refractivity (Wildman–Crippen MR) is 45.1 cm³/mol. The maximum atomic E-state index is 11.5. The predicted octanol–water partition coefficient (Wildman–Crippen LogP) is -0.109. The molecule has 0 bridgehead atoms. The number of aliphatic hydroxyl groups is 1. The van der Waals surface area contributed by atoms with E-state index in [1.54, 1.807) is 5.51 Å². The normalized spacial score (nSPS) is 22.2. The van der Waals surface area contributed by atoms with Gasteiger partial charge in [0, 0.05) is 0 Å². The van der Waals surface area contributed by atoms with Gasteiger partial charge >= 0.3 is 0 Å². The van der Waals surface area contributed by atoms with E-state index in [-0.39, 0.29) is 19.1 Å². The highest BCUT2D eigenvalue weighted by Gasteiger charge is 2.27. The molecule has 1 amide bonds. The third kappa shape index (κ3) is 1.69. The molecule has 0 aromatic carbocycles. The quantitative estimate of drug-likeness (QED) is 0.687. The Hall–Kier alpha value is -0.980. The first-order chi connectivity index (χ1) is 6.27. The zero-order valence-electron chi connectivity index (χ0n) is 6.71. The Morgan fingerprint density at radius 3 is 3.23 bits per heavy atom. The molecule has 1 N–H and O–H groups in total. The van der Waals surface area contributed by atoms with E-state index in [9.17, 15) is 4.79 Å². The van der Waals surface area contributed by atoms with Gasteiger partial charge in [0.05, 0.1) is 18.3 Å². The molecule has 1 saturated heterocycles. The second-order valence-electron chi connectivity index (χ2n) is 2.68. The summed E-state index contributed by atoms with van der Waals surface area (Å²) in [5.74, 6) is -0.237. The zero-order valence-corrected chi connectivity index (χ0v) is 7.53. The van der Waals surface area contributed by atoms with Crippen LogP contribution in [0.25, 0.3) is 0 Å². The molecule has 1 atom stereocenters. The van der Waals surface area contributed by atoms with Crippen LogP contribution < -0.4 is 0 Å². The highest BCUT2D eigenvalue weighted by Crippen LogP contribution is 2.14. The Bertz CT molecular complexity index is 301. The first-order valence-electron chi connectivity index (χ1n) is 3.78. The third-order valence-corrected chi connectivity index (χ3v) is 2.43. The second kappa shape index (κ2) is 3.41. The number of nitrogens with zero attached hydrogens (tertiary/aromatic N) is 2. The maximum Gasteiger partial charge on any atom is 0.289 e. The molecule has 5 nitrogen and oxygen atoms in total. The number of amides is 1. The van der Waals surface area contributed by atoms with Crippen LogP contribution in [0.1, 0.15) is 9.67 Å². The standard InChI is InChI=1S/C7H8N2O3S/c10-5-2-9(12-3-5)7(11)6-1-8-4-13-6/h1,4-5,10H,2-3H2. The van der Waals surface area contributed by atoms with Crippen LogP contribution in [-0.2, 0) is 4.84 Å². The molecule has 0 saturated carbocycles. The molecule has 0 spiro atoms. The van der Waals surface area contributed by atoms with Crippen molar-refractivity contribution in [2.75, 3.05) is 13.2 Å². The Morgan fingerprint density at radius 1 is 1.85 bits per heavy atom. The van der Waals surface area contributed by atoms with Crippen molar-refractivity contribution in [3.8, 4) is 0 Å². The van der Waals surface area contributed by atoms with Crippen molar-refractivity contribution < 1.29 is 14.7 Å². The van der Waals surface area contributed by atoms with Crippen LogP contribution in [0.15, 0.2) is 11.7 Å². The number of carbonyl (C=O) groups excluding carboxylic acids is 1. The van der Waals surface area contributed by atoms with Crippen LogP contribution in [0.5, 0.6) is 0 Å². The number of hydroxylamine groups is 2. The maximum absolute atomic E-state index is 11.5. The smallest absolute Gasteiger partial charge is 0.289 e. The summed E-state index contributed by atoms with van der Waals surface area (Å²) in [4.78, 5) is 20.8. The van der Waals surface area contributed by atoms with Gasteiger partial charge in [-0.05, 0) is 0 Å². The molecule has 1 aliphatic heterocycles. The van der Waals surface area contributed by atoms with Crippen molar-refractivity contribution in [1.29, 1.82) is 0 Å². The highest BCUT2D eigenvalue weighted by molar-refractivity contribution is 7.11. The molecule has 70 valence electrons. The number of hydrogen-bond donors (Lipinski definition) is 1. The number of aromatic nitrogens is 1. The highest BCUT2D eigenvalue weighted by atomic mass is 32.1. The number of rotatable bonds is 1. The summed E-state index contributed by atoms with van der Waals surface area (Å²) in [5.41, 5.74) is 1.58. The summed E-state index contributed by atoms with van der Waals surface area (Å²) >= 11 is 1.26. The first-order valence-corrected chi connectivity index (χ1v) is 4.66. The lowest BCUT2D eigenvalue weighted by atomic mass is 10.4. The number of aliphatic hydroxyl groups excluding tert-OH is 1. The molecule has 2 rings (SSSR count). The van der Waals surface area contributed by atoms with Crippen LogP contribution in [-0.4, -0.2) is 40.3 Å². The molecule has 1 unspecified atom stereocenters. The van der Waals surface area contributed by atoms with E-state index in [2.05, 4.69) is 4.98 Å². The Morgan fingerprint density at radius 2 is 2.69 bits per heavy atom. The summed E-state index contributed by atoms with van der Waals surface area (Å²) in [6.07, 6.45) is 0.915. The van der Waals surface area contributed by atoms with Gasteiger partial charge in [-0.1, -0.05) is 0 Å². The minimum Gasteiger partial charge on any atom is -0.389 e. The summed E-state index contributed by atoms with van der Waals surface area (Å²) < 4.78 is 0. The van der Waals surface area contributed by atoms with Gasteiger partial charge in [0.25, 0.3) is 5.91 Å². The Kier molecular flexibility index (Phi) is 2.26. The molecule has 13 heavy (non-hydrogen) atoms. The summed E-state index contributed by atoms with van der Waals surface area (Å²) in [6.45, 7) is 0.418. The van der Waals surface area contributed by atoms with E-state index in [0.717, 1.165) is 5.06 Å². The monoisotopic (exact) mass is 200 g/mol. The van der Waals surface area contributed by atoms with Crippen molar-refractivity contribution in [3.63, 3.8) is 0 Å². The van der Waals surface area contributed by atoms with Crippen molar-refractivity contribution in [2.24, 2.45) is 0 Å². The van der Waals surface area contributed by atoms with Gasteiger partial charge in [-0.25, -0.2) is 5.06 Å². The summed E-state index contributed by atoms with van der Waals surface area (Å²) in [6, 6.07) is 0. The SMILES string of the molecule is O=C(c1cncs1)N1CC(O)CO1. The van der Waals surface area contributed by atoms with Gasteiger partial charge in [-0.15, -0.1) is 11.3 Å². The first kappa shape index (κ1) is 8.61. The van der Waals surface area contributed by atoms with Crippen LogP contribution in [0.3, 0.4) is 0 Å². The fourth-order valence-corrected chi connectivity index (χ4v) is 1.62. The van der Waals surface area contributed by atoms with Gasteiger partial charge in [0.15, 0.2) is 0 Å². The van der Waals surface area contributed by atoms with Crippen molar-refractivity contribution >= 4 is 17.2 Å². The molecule has 1 aromatic heterocycles. The lowest BCUT2D eigenvalue weighted by Gasteiger charge is -2.11. The van der Waals surface area contributed by atoms with Gasteiger partial charge < -0.3 is 5.11 Å². The average Bonchev–Trinajstić information content (AvgIpc) is 2.72. The fourth-order valence-electron chi connectivity index (χ4n) is 1.06. The van der Waals surface area contributed by atoms with Gasteiger partial charge in [0.1, 0.15) is 17.6 Å². The number of thiazole rings is 1. The topological polar surface area (TPSA) is 62.7 Å². The molecule has 0 aliphatic carbocycles. The van der Waals surface area contributed by atoms with Gasteiger partial charge in [0.2, 0.25) is 0 Å². The molecular formula is C7H8N2O3S. The lowest BCUT2D eigenvalue weighted by molar-refractivity contribution is -0.0776. The Labute approximate surface area is 78.5 Å². The summed E-state index contributed by atoms with van der Waals surface area (Å²) in [5, 5.41) is 10.3. The van der Waals surface area contributed by atoms with Gasteiger partial charge in [-0.3, -0.25) is 14.6 Å². The van der Waals surface area contributed by atoms with Crippen LogP contribution >= 0.6 is 11.3 Å². The number of carbonyl (C=O) groups is 1. The van der Waals surface area contributed by atoms with Crippen LogP contribution in [0, 0.1) is 0 Å². The van der Waals surface area contributed by atoms with Gasteiger partial charge in [-0.2, -0.15) is 0 Å². The molecule has 6 heteroatoms. The van der Waals surface area contributed by atoms with Crippen LogP contribution in [0.2, 0.25) is 0 Å². The minimum absolute atomic E-state index is 0.185. The van der Waals surface area contributed by atoms with E-state index in [1.807, 2.05) is 0 Å². The molecule has 0 radical (unpaired) electrons. The van der Waals surface area contributed by atoms with E-state index in [0.29, 0.717) is 4.88 Å². The van der Waals surface area contributed by atoms with Crippen molar-refractivity contribution in [2.45, 2.75) is 6.10 Å². The molecule has 1 fully saturated rings. The molecule has 2 heterocycles. The third-order valence-electron chi connectivity index (χ3n) is 1.67. The second-order valence-corrected chi connectivity index (χ2v) is 3.57. The fraction of sp³-hybridized carbons (Fsp3) is 0.429. The number of hydrogen-bond acceptors (Lipinski definition) is 5. The number of β-amino-alcohol motifs (C(OH)–C–C–N with tert-alkyl or cyclic N) is 1. The minimum atomic E-state index is -0.572. The summed E-state index contributed by atoms with van der Waals surface area (Å²) in [7, 11) is 0. The van der Waals surface area contributed by atoms with E-state index < -0.39 is 6.10 Å². The molecule has 1 aliphatic rings. The van der Waals surface area contributed by atoms with Crippen molar-refractivity contribution in [3.05, 3.63) is 16.6 Å². The molecular weight excluding hydrogens is 192 g/mol. The largest absolute Gasteiger partial charge is 0.389 e. The van der Waals surface area contributed by atoms with E-state index in [1.165, 1.54) is 17.5 Å². The van der Waals surface area contributed by atoms with Crippen LogP contribution in [0.4, 0.5) is 0 Å². The molecule has 1 aromatic rings.